The van der Waals surface area contributed by atoms with Crippen LogP contribution in [-0.4, -0.2) is 21.5 Å². The lowest BCUT2D eigenvalue weighted by atomic mass is 10.1. The molecule has 0 bridgehead atoms. The SMILES string of the molecule is CC(=O)c1ccc(OCc2ccc(C(=O)NCc3cc(C)n(C)n3)o2)cc1. The number of furan rings is 1. The second-order valence-electron chi connectivity index (χ2n) is 6.22. The van der Waals surface area contributed by atoms with E-state index in [2.05, 4.69) is 10.4 Å². The first-order valence-electron chi connectivity index (χ1n) is 8.52. The zero-order chi connectivity index (χ0) is 19.4. The summed E-state index contributed by atoms with van der Waals surface area (Å²) in [5.41, 5.74) is 2.43. The molecule has 2 aromatic heterocycles. The van der Waals surface area contributed by atoms with Gasteiger partial charge in [0.25, 0.3) is 5.91 Å². The van der Waals surface area contributed by atoms with Gasteiger partial charge in [-0.05, 0) is 56.3 Å². The van der Waals surface area contributed by atoms with Crippen LogP contribution in [0.15, 0.2) is 46.9 Å². The quantitative estimate of drug-likeness (QED) is 0.649. The summed E-state index contributed by atoms with van der Waals surface area (Å²) in [6.07, 6.45) is 0. The largest absolute Gasteiger partial charge is 0.486 e. The van der Waals surface area contributed by atoms with E-state index in [1.54, 1.807) is 41.1 Å². The number of aromatic nitrogens is 2. The normalized spacial score (nSPS) is 10.6. The molecule has 27 heavy (non-hydrogen) atoms. The summed E-state index contributed by atoms with van der Waals surface area (Å²) in [6, 6.07) is 12.1. The smallest absolute Gasteiger partial charge is 0.287 e. The molecular weight excluding hydrogens is 346 g/mol. The zero-order valence-corrected chi connectivity index (χ0v) is 15.5. The van der Waals surface area contributed by atoms with Crippen LogP contribution in [-0.2, 0) is 20.2 Å². The van der Waals surface area contributed by atoms with Gasteiger partial charge >= 0.3 is 0 Å². The van der Waals surface area contributed by atoms with Crippen molar-refractivity contribution in [1.29, 1.82) is 0 Å². The van der Waals surface area contributed by atoms with E-state index >= 15 is 0 Å². The molecule has 0 atom stereocenters. The van der Waals surface area contributed by atoms with Crippen molar-refractivity contribution in [1.82, 2.24) is 15.1 Å². The summed E-state index contributed by atoms with van der Waals surface area (Å²) >= 11 is 0. The van der Waals surface area contributed by atoms with Gasteiger partial charge < -0.3 is 14.5 Å². The second-order valence-corrected chi connectivity index (χ2v) is 6.22. The Kier molecular flexibility index (Phi) is 5.40. The van der Waals surface area contributed by atoms with E-state index in [1.165, 1.54) is 6.92 Å². The van der Waals surface area contributed by atoms with Crippen molar-refractivity contribution >= 4 is 11.7 Å². The van der Waals surface area contributed by atoms with Gasteiger partial charge in [-0.2, -0.15) is 5.10 Å². The Hall–Kier alpha value is -3.35. The molecule has 0 spiro atoms. The van der Waals surface area contributed by atoms with Crippen LogP contribution in [0.4, 0.5) is 0 Å². The van der Waals surface area contributed by atoms with Crippen LogP contribution in [0.1, 0.15) is 45.0 Å². The van der Waals surface area contributed by atoms with E-state index in [0.717, 1.165) is 11.4 Å². The van der Waals surface area contributed by atoms with E-state index in [-0.39, 0.29) is 24.1 Å². The van der Waals surface area contributed by atoms with Crippen LogP contribution < -0.4 is 10.1 Å². The number of ether oxygens (including phenoxy) is 1. The first-order valence-corrected chi connectivity index (χ1v) is 8.52. The highest BCUT2D eigenvalue weighted by Gasteiger charge is 2.12. The molecule has 3 rings (SSSR count). The van der Waals surface area contributed by atoms with Gasteiger partial charge in [0.15, 0.2) is 11.5 Å². The van der Waals surface area contributed by atoms with Crippen LogP contribution in [0.3, 0.4) is 0 Å². The third kappa shape index (κ3) is 4.63. The fourth-order valence-corrected chi connectivity index (χ4v) is 2.50. The minimum atomic E-state index is -0.310. The lowest BCUT2D eigenvalue weighted by Crippen LogP contribution is -2.22. The molecule has 3 aromatic rings. The predicted molar refractivity (Wildman–Crippen MR) is 98.6 cm³/mol. The standard InChI is InChI=1S/C20H21N3O4/c1-13-10-16(22-23(13)3)11-21-20(25)19-9-8-18(27-19)12-26-17-6-4-15(5-7-17)14(2)24/h4-10H,11-12H2,1-3H3,(H,21,25). The molecule has 7 nitrogen and oxygen atoms in total. The van der Waals surface area contributed by atoms with Crippen molar-refractivity contribution in [2.24, 2.45) is 7.05 Å². The third-order valence-electron chi connectivity index (χ3n) is 4.12. The number of nitrogens with one attached hydrogen (secondary N) is 1. The summed E-state index contributed by atoms with van der Waals surface area (Å²) in [4.78, 5) is 23.5. The fraction of sp³-hybridized carbons (Fsp3) is 0.250. The molecule has 1 N–H and O–H groups in total. The lowest BCUT2D eigenvalue weighted by Gasteiger charge is -2.05. The number of rotatable bonds is 7. The maximum absolute atomic E-state index is 12.2. The summed E-state index contributed by atoms with van der Waals surface area (Å²) in [5.74, 6) is 1.06. The molecule has 2 heterocycles. The molecule has 0 fully saturated rings. The first kappa shape index (κ1) is 18.4. The first-order chi connectivity index (χ1) is 12.9. The van der Waals surface area contributed by atoms with Gasteiger partial charge in [-0.25, -0.2) is 0 Å². The monoisotopic (exact) mass is 367 g/mol. The van der Waals surface area contributed by atoms with Gasteiger partial charge in [0, 0.05) is 18.3 Å². The fourth-order valence-electron chi connectivity index (χ4n) is 2.50. The highest BCUT2D eigenvalue weighted by molar-refractivity contribution is 5.94. The number of aryl methyl sites for hydroxylation is 2. The van der Waals surface area contributed by atoms with Crippen molar-refractivity contribution in [3.8, 4) is 5.75 Å². The topological polar surface area (TPSA) is 86.4 Å². The third-order valence-corrected chi connectivity index (χ3v) is 4.12. The number of hydrogen-bond acceptors (Lipinski definition) is 5. The van der Waals surface area contributed by atoms with Gasteiger partial charge in [-0.15, -0.1) is 0 Å². The van der Waals surface area contributed by atoms with Crippen molar-refractivity contribution in [2.75, 3.05) is 0 Å². The number of hydrogen-bond donors (Lipinski definition) is 1. The molecular formula is C20H21N3O4. The Balaban J connectivity index is 1.52. The molecule has 7 heteroatoms. The lowest BCUT2D eigenvalue weighted by molar-refractivity contribution is 0.0918. The Morgan fingerprint density at radius 3 is 2.56 bits per heavy atom. The summed E-state index contributed by atoms with van der Waals surface area (Å²) < 4.78 is 12.9. The maximum atomic E-state index is 12.2. The molecule has 0 radical (unpaired) electrons. The van der Waals surface area contributed by atoms with E-state index in [9.17, 15) is 9.59 Å². The van der Waals surface area contributed by atoms with E-state index in [1.807, 2.05) is 20.0 Å². The van der Waals surface area contributed by atoms with Gasteiger partial charge in [0.2, 0.25) is 0 Å². The number of benzene rings is 1. The average molecular weight is 367 g/mol. The van der Waals surface area contributed by atoms with Crippen molar-refractivity contribution in [2.45, 2.75) is 27.0 Å². The highest BCUT2D eigenvalue weighted by atomic mass is 16.5. The molecule has 1 aromatic carbocycles. The van der Waals surface area contributed by atoms with Gasteiger partial charge in [0.1, 0.15) is 18.1 Å². The van der Waals surface area contributed by atoms with Crippen LogP contribution in [0.25, 0.3) is 0 Å². The Bertz CT molecular complexity index is 935. The molecule has 0 aliphatic heterocycles. The molecule has 140 valence electrons. The minimum Gasteiger partial charge on any atom is -0.486 e. The molecule has 0 unspecified atom stereocenters. The van der Waals surface area contributed by atoms with Crippen molar-refractivity contribution in [3.05, 3.63) is 70.9 Å². The number of Topliss-reactive ketones (excluding diaryl/α,β-unsaturated/α-hetero) is 1. The van der Waals surface area contributed by atoms with Crippen LogP contribution >= 0.6 is 0 Å². The average Bonchev–Trinajstić information content (AvgIpc) is 3.25. The Morgan fingerprint density at radius 1 is 1.19 bits per heavy atom. The van der Waals surface area contributed by atoms with Crippen LogP contribution in [0.5, 0.6) is 5.75 Å². The maximum Gasteiger partial charge on any atom is 0.287 e. The van der Waals surface area contributed by atoms with Crippen molar-refractivity contribution in [3.63, 3.8) is 0 Å². The number of amides is 1. The molecule has 0 aliphatic rings. The van der Waals surface area contributed by atoms with Crippen LogP contribution in [0.2, 0.25) is 0 Å². The van der Waals surface area contributed by atoms with E-state index < -0.39 is 0 Å². The molecule has 0 saturated carbocycles. The summed E-state index contributed by atoms with van der Waals surface area (Å²) in [5, 5.41) is 7.07. The van der Waals surface area contributed by atoms with Crippen molar-refractivity contribution < 1.29 is 18.7 Å². The number of carbonyl (C=O) groups excluding carboxylic acids is 2. The van der Waals surface area contributed by atoms with Gasteiger partial charge in [0.05, 0.1) is 12.2 Å². The van der Waals surface area contributed by atoms with E-state index in [4.69, 9.17) is 9.15 Å². The second kappa shape index (κ2) is 7.90. The summed E-state index contributed by atoms with van der Waals surface area (Å²) in [6.45, 7) is 3.98. The van der Waals surface area contributed by atoms with Gasteiger partial charge in [-0.1, -0.05) is 0 Å². The molecule has 0 saturated heterocycles. The van der Waals surface area contributed by atoms with Crippen LogP contribution in [0, 0.1) is 6.92 Å². The Morgan fingerprint density at radius 2 is 1.93 bits per heavy atom. The number of ketones is 1. The molecule has 0 aliphatic carbocycles. The number of nitrogens with zero attached hydrogens (tertiary/aromatic N) is 2. The van der Waals surface area contributed by atoms with Gasteiger partial charge in [-0.3, -0.25) is 14.3 Å². The minimum absolute atomic E-state index is 0.00380. The Labute approximate surface area is 156 Å². The highest BCUT2D eigenvalue weighted by Crippen LogP contribution is 2.16. The predicted octanol–water partition coefficient (Wildman–Crippen LogP) is 3.03. The molecule has 1 amide bonds. The summed E-state index contributed by atoms with van der Waals surface area (Å²) in [7, 11) is 1.85. The zero-order valence-electron chi connectivity index (χ0n) is 15.5. The van der Waals surface area contributed by atoms with E-state index in [0.29, 0.717) is 23.6 Å². The number of carbonyl (C=O) groups is 2.